The van der Waals surface area contributed by atoms with Gasteiger partial charge in [-0.25, -0.2) is 0 Å². The number of nitrogens with zero attached hydrogens (tertiary/aromatic N) is 2. The topological polar surface area (TPSA) is 140 Å². The zero-order valence-corrected chi connectivity index (χ0v) is 29.3. The van der Waals surface area contributed by atoms with Crippen LogP contribution in [0.5, 0.6) is 0 Å². The van der Waals surface area contributed by atoms with E-state index in [0.717, 1.165) is 16.7 Å². The molecular formula is C36H42ClN3O7Si. The Balaban J connectivity index is 1.31. The van der Waals surface area contributed by atoms with Crippen molar-refractivity contribution >= 4 is 49.0 Å². The monoisotopic (exact) mass is 691 g/mol. The highest BCUT2D eigenvalue weighted by Gasteiger charge is 2.66. The van der Waals surface area contributed by atoms with Crippen molar-refractivity contribution < 1.29 is 34.1 Å². The highest BCUT2D eigenvalue weighted by atomic mass is 35.5. The normalized spacial score (nSPS) is 25.6. The summed E-state index contributed by atoms with van der Waals surface area (Å²) in [6.45, 7) is 7.33. The summed E-state index contributed by atoms with van der Waals surface area (Å²) < 4.78 is 6.85. The lowest BCUT2D eigenvalue weighted by molar-refractivity contribution is -0.151. The lowest BCUT2D eigenvalue weighted by Gasteiger charge is -2.37. The molecule has 1 spiro atoms. The van der Waals surface area contributed by atoms with Crippen molar-refractivity contribution in [1.29, 1.82) is 0 Å². The fourth-order valence-corrected chi connectivity index (χ4v) is 10.6. The molecule has 3 heterocycles. The van der Waals surface area contributed by atoms with E-state index in [-0.39, 0.29) is 37.4 Å². The first-order valence-electron chi connectivity index (χ1n) is 16.3. The minimum atomic E-state index is -3.03. The molecular weight excluding hydrogens is 650 g/mol. The smallest absolute Gasteiger partial charge is 0.264 e. The number of ether oxygens (including phenoxy) is 1. The number of carbonyl (C=O) groups excluding carboxylic acids is 3. The summed E-state index contributed by atoms with van der Waals surface area (Å²) in [5, 5.41) is 22.8. The molecule has 3 amide bonds. The van der Waals surface area contributed by atoms with Crippen LogP contribution in [0.3, 0.4) is 0 Å². The Labute approximate surface area is 286 Å². The zero-order valence-electron chi connectivity index (χ0n) is 27.5. The third-order valence-electron chi connectivity index (χ3n) is 10.1. The third-order valence-corrected chi connectivity index (χ3v) is 12.9. The molecule has 48 heavy (non-hydrogen) atoms. The molecule has 0 saturated carbocycles. The summed E-state index contributed by atoms with van der Waals surface area (Å²) in [5.41, 5.74) is 2.76. The van der Waals surface area contributed by atoms with Crippen LogP contribution in [0.1, 0.15) is 42.5 Å². The van der Waals surface area contributed by atoms with Crippen molar-refractivity contribution in [2.75, 3.05) is 16.8 Å². The first-order chi connectivity index (χ1) is 22.7. The molecule has 3 aliphatic heterocycles. The highest BCUT2D eigenvalue weighted by Crippen LogP contribution is 2.60. The van der Waals surface area contributed by atoms with Gasteiger partial charge in [-0.2, -0.15) is 0 Å². The van der Waals surface area contributed by atoms with Gasteiger partial charge in [-0.15, -0.1) is 0 Å². The summed E-state index contributed by atoms with van der Waals surface area (Å²) in [5.74, 6) is -1.49. The molecule has 1 fully saturated rings. The second-order valence-corrected chi connectivity index (χ2v) is 18.2. The molecule has 3 aromatic rings. The zero-order chi connectivity index (χ0) is 34.5. The fraction of sp³-hybridized carbons (Fsp3) is 0.417. The number of amides is 3. The quantitative estimate of drug-likeness (QED) is 0.258. The van der Waals surface area contributed by atoms with Gasteiger partial charge in [-0.1, -0.05) is 54.9 Å². The summed E-state index contributed by atoms with van der Waals surface area (Å²) >= 11 is 6.53. The van der Waals surface area contributed by atoms with Crippen molar-refractivity contribution in [3.05, 3.63) is 94.0 Å². The lowest BCUT2D eigenvalue weighted by Crippen LogP contribution is -2.48. The van der Waals surface area contributed by atoms with Gasteiger partial charge in [0.1, 0.15) is 6.10 Å². The molecule has 6 rings (SSSR count). The summed E-state index contributed by atoms with van der Waals surface area (Å²) in [6.07, 6.45) is -1.40. The second-order valence-electron chi connectivity index (χ2n) is 13.8. The van der Waals surface area contributed by atoms with Crippen LogP contribution in [-0.4, -0.2) is 70.8 Å². The van der Waals surface area contributed by atoms with Gasteiger partial charge in [0.25, 0.3) is 11.8 Å². The second kappa shape index (κ2) is 13.0. The van der Waals surface area contributed by atoms with E-state index in [4.69, 9.17) is 16.3 Å². The van der Waals surface area contributed by atoms with E-state index in [1.54, 1.807) is 52.3 Å². The first-order valence-corrected chi connectivity index (χ1v) is 19.7. The number of nitrogens with one attached hydrogen (secondary N) is 1. The Bertz CT molecular complexity index is 1730. The molecule has 0 bridgehead atoms. The van der Waals surface area contributed by atoms with E-state index >= 15 is 0 Å². The van der Waals surface area contributed by atoms with Gasteiger partial charge >= 0.3 is 0 Å². The Morgan fingerprint density at radius 2 is 1.79 bits per heavy atom. The highest BCUT2D eigenvalue weighted by molar-refractivity contribution is 6.71. The van der Waals surface area contributed by atoms with Crippen LogP contribution < -0.4 is 10.2 Å². The Kier molecular flexibility index (Phi) is 9.31. The summed E-state index contributed by atoms with van der Waals surface area (Å²) in [7, 11) is -3.03. The van der Waals surface area contributed by atoms with Crippen molar-refractivity contribution in [3.63, 3.8) is 0 Å². The molecule has 0 unspecified atom stereocenters. The molecule has 0 aliphatic carbocycles. The predicted molar refractivity (Wildman–Crippen MR) is 185 cm³/mol. The van der Waals surface area contributed by atoms with Gasteiger partial charge < -0.3 is 34.9 Å². The number of aliphatic hydroxyl groups is 2. The maximum absolute atomic E-state index is 14.7. The fourth-order valence-electron chi connectivity index (χ4n) is 7.86. The van der Waals surface area contributed by atoms with Crippen molar-refractivity contribution in [1.82, 2.24) is 4.90 Å². The Hall–Kier alpha value is -3.58. The molecule has 3 aromatic carbocycles. The Morgan fingerprint density at radius 1 is 1.10 bits per heavy atom. The van der Waals surface area contributed by atoms with Gasteiger partial charge in [-0.05, 0) is 73.5 Å². The SMILES string of the molecule is C[C@H](O)C(=O)Nc1ccc(CN2C(=O)[C@@]3(O[C@@H](CC(=O)N4Cc5ccccc5C[C@H]4CO)[C@H]([Si](C)(C)O)[C@H]3C)c3cc(Cl)ccc32)cc1. The van der Waals surface area contributed by atoms with Gasteiger partial charge in [0.15, 0.2) is 13.9 Å². The number of rotatable bonds is 8. The van der Waals surface area contributed by atoms with Gasteiger partial charge in [0, 0.05) is 34.3 Å². The van der Waals surface area contributed by atoms with Crippen LogP contribution >= 0.6 is 11.6 Å². The first kappa shape index (κ1) is 34.3. The molecule has 1 saturated heterocycles. The minimum absolute atomic E-state index is 0.0464. The predicted octanol–water partition coefficient (Wildman–Crippen LogP) is 4.34. The molecule has 10 nitrogen and oxygen atoms in total. The summed E-state index contributed by atoms with van der Waals surface area (Å²) in [6, 6.07) is 19.8. The maximum atomic E-state index is 14.7. The van der Waals surface area contributed by atoms with E-state index in [9.17, 15) is 29.4 Å². The van der Waals surface area contributed by atoms with E-state index < -0.39 is 43.5 Å². The maximum Gasteiger partial charge on any atom is 0.264 e. The number of halogens is 1. The average Bonchev–Trinajstić information content (AvgIpc) is 3.46. The van der Waals surface area contributed by atoms with E-state index in [1.807, 2.05) is 44.3 Å². The van der Waals surface area contributed by atoms with Crippen LogP contribution in [0.2, 0.25) is 23.7 Å². The van der Waals surface area contributed by atoms with Gasteiger partial charge in [0.05, 0.1) is 37.4 Å². The molecule has 4 N–H and O–H groups in total. The number of anilines is 2. The molecule has 0 aromatic heterocycles. The van der Waals surface area contributed by atoms with E-state index in [1.165, 1.54) is 6.92 Å². The number of benzene rings is 3. The van der Waals surface area contributed by atoms with Crippen LogP contribution in [0.25, 0.3) is 0 Å². The van der Waals surface area contributed by atoms with Crippen LogP contribution in [0, 0.1) is 5.92 Å². The minimum Gasteiger partial charge on any atom is -0.432 e. The van der Waals surface area contributed by atoms with Gasteiger partial charge in [-0.3, -0.25) is 14.4 Å². The number of aliphatic hydroxyl groups excluding tert-OH is 2. The van der Waals surface area contributed by atoms with Gasteiger partial charge in [0.2, 0.25) is 5.91 Å². The molecule has 254 valence electrons. The van der Waals surface area contributed by atoms with Crippen molar-refractivity contribution in [2.24, 2.45) is 5.92 Å². The number of hydrogen-bond donors (Lipinski definition) is 4. The molecule has 0 radical (unpaired) electrons. The number of hydrogen-bond acceptors (Lipinski definition) is 7. The van der Waals surface area contributed by atoms with Crippen LogP contribution in [0.15, 0.2) is 66.7 Å². The van der Waals surface area contributed by atoms with Crippen LogP contribution in [0.4, 0.5) is 11.4 Å². The van der Waals surface area contributed by atoms with E-state index in [2.05, 4.69) is 5.32 Å². The summed E-state index contributed by atoms with van der Waals surface area (Å²) in [4.78, 5) is 55.7. The van der Waals surface area contributed by atoms with Crippen LogP contribution in [-0.2, 0) is 44.2 Å². The number of fused-ring (bicyclic) bond motifs is 3. The Morgan fingerprint density at radius 3 is 2.44 bits per heavy atom. The van der Waals surface area contributed by atoms with E-state index in [0.29, 0.717) is 34.9 Å². The third kappa shape index (κ3) is 6.08. The standard InChI is InChI=1S/C36H42ClN3O7Si/c1-21-33(48(3,4)46)31(17-32(43)39-19-25-8-6-5-7-24(25)15-28(39)20-41)47-36(21)29-16-26(37)11-14-30(29)40(35(36)45)18-23-9-12-27(13-10-23)38-34(44)22(2)42/h5-14,16,21-22,28,31,33,41-42,46H,15,17-20H2,1-4H3,(H,38,44)/t21-,22+,28+,31+,33-,36+/m1/s1. The molecule has 6 atom stereocenters. The molecule has 3 aliphatic rings. The lowest BCUT2D eigenvalue weighted by atomic mass is 9.82. The molecule has 12 heteroatoms. The largest absolute Gasteiger partial charge is 0.432 e. The van der Waals surface area contributed by atoms with Crippen molar-refractivity contribution in [2.45, 2.75) is 82.3 Å². The average molecular weight is 692 g/mol. The number of carbonyl (C=O) groups is 3. The van der Waals surface area contributed by atoms with Crippen molar-refractivity contribution in [3.8, 4) is 0 Å².